The van der Waals surface area contributed by atoms with Crippen molar-refractivity contribution in [2.24, 2.45) is 11.7 Å². The van der Waals surface area contributed by atoms with Crippen molar-refractivity contribution in [3.05, 3.63) is 0 Å². The first kappa shape index (κ1) is 10.0. The SMILES string of the molecule is CCC(CN)N(CC)CC1CC1. The molecule has 2 nitrogen and oxygen atoms in total. The topological polar surface area (TPSA) is 29.3 Å². The number of nitrogens with two attached hydrogens (primary N) is 1. The number of rotatable bonds is 6. The second-order valence-corrected chi connectivity index (χ2v) is 3.83. The molecule has 0 aromatic rings. The first-order valence-corrected chi connectivity index (χ1v) is 5.25. The van der Waals surface area contributed by atoms with E-state index in [9.17, 15) is 0 Å². The van der Waals surface area contributed by atoms with Crippen LogP contribution in [0.25, 0.3) is 0 Å². The number of hydrogen-bond donors (Lipinski definition) is 1. The van der Waals surface area contributed by atoms with Crippen LogP contribution in [0.5, 0.6) is 0 Å². The van der Waals surface area contributed by atoms with Gasteiger partial charge in [-0.25, -0.2) is 0 Å². The quantitative estimate of drug-likeness (QED) is 0.654. The standard InChI is InChI=1S/C10H22N2/c1-3-10(7-11)12(4-2)8-9-5-6-9/h9-10H,3-8,11H2,1-2H3. The summed E-state index contributed by atoms with van der Waals surface area (Å²) in [6, 6.07) is 0.621. The summed E-state index contributed by atoms with van der Waals surface area (Å²) in [6.07, 6.45) is 4.08. The van der Waals surface area contributed by atoms with E-state index in [-0.39, 0.29) is 0 Å². The summed E-state index contributed by atoms with van der Waals surface area (Å²) in [5, 5.41) is 0. The average Bonchev–Trinajstić information content (AvgIpc) is 2.88. The highest BCUT2D eigenvalue weighted by Crippen LogP contribution is 2.30. The smallest absolute Gasteiger partial charge is 0.0215 e. The van der Waals surface area contributed by atoms with Gasteiger partial charge in [-0.3, -0.25) is 4.90 Å². The van der Waals surface area contributed by atoms with Gasteiger partial charge in [-0.1, -0.05) is 13.8 Å². The molecule has 0 bridgehead atoms. The Morgan fingerprint density at radius 3 is 2.42 bits per heavy atom. The van der Waals surface area contributed by atoms with E-state index in [1.54, 1.807) is 0 Å². The predicted molar refractivity (Wildman–Crippen MR) is 53.1 cm³/mol. The number of nitrogens with zero attached hydrogens (tertiary/aromatic N) is 1. The van der Waals surface area contributed by atoms with Gasteiger partial charge in [0.05, 0.1) is 0 Å². The van der Waals surface area contributed by atoms with Crippen molar-refractivity contribution < 1.29 is 0 Å². The second kappa shape index (κ2) is 4.83. The van der Waals surface area contributed by atoms with Crippen molar-refractivity contribution in [2.45, 2.75) is 39.2 Å². The molecule has 1 rings (SSSR count). The summed E-state index contributed by atoms with van der Waals surface area (Å²) in [7, 11) is 0. The van der Waals surface area contributed by atoms with E-state index in [0.717, 1.165) is 19.0 Å². The molecule has 0 radical (unpaired) electrons. The number of hydrogen-bond acceptors (Lipinski definition) is 2. The minimum absolute atomic E-state index is 0.621. The summed E-state index contributed by atoms with van der Waals surface area (Å²) in [5.41, 5.74) is 5.71. The highest BCUT2D eigenvalue weighted by Gasteiger charge is 2.25. The van der Waals surface area contributed by atoms with E-state index >= 15 is 0 Å². The van der Waals surface area contributed by atoms with Gasteiger partial charge >= 0.3 is 0 Å². The van der Waals surface area contributed by atoms with Crippen LogP contribution in [0.15, 0.2) is 0 Å². The van der Waals surface area contributed by atoms with Crippen LogP contribution in [0.3, 0.4) is 0 Å². The lowest BCUT2D eigenvalue weighted by Crippen LogP contribution is -2.41. The van der Waals surface area contributed by atoms with Crippen molar-refractivity contribution in [2.75, 3.05) is 19.6 Å². The Kier molecular flexibility index (Phi) is 4.02. The fourth-order valence-electron chi connectivity index (χ4n) is 1.74. The second-order valence-electron chi connectivity index (χ2n) is 3.83. The molecular formula is C10H22N2. The van der Waals surface area contributed by atoms with Gasteiger partial charge in [0.2, 0.25) is 0 Å². The Morgan fingerprint density at radius 2 is 2.08 bits per heavy atom. The van der Waals surface area contributed by atoms with Crippen molar-refractivity contribution in [3.63, 3.8) is 0 Å². The molecule has 2 N–H and O–H groups in total. The predicted octanol–water partition coefficient (Wildman–Crippen LogP) is 1.46. The molecular weight excluding hydrogens is 148 g/mol. The summed E-state index contributed by atoms with van der Waals surface area (Å²) >= 11 is 0. The molecule has 0 amide bonds. The van der Waals surface area contributed by atoms with E-state index in [2.05, 4.69) is 18.7 Å². The molecule has 0 aliphatic heterocycles. The van der Waals surface area contributed by atoms with Crippen molar-refractivity contribution in [1.82, 2.24) is 4.90 Å². The van der Waals surface area contributed by atoms with Gasteiger partial charge in [0.15, 0.2) is 0 Å². The summed E-state index contributed by atoms with van der Waals surface area (Å²) in [6.45, 7) is 7.73. The zero-order chi connectivity index (χ0) is 8.97. The van der Waals surface area contributed by atoms with Gasteiger partial charge < -0.3 is 5.73 Å². The fraction of sp³-hybridized carbons (Fsp3) is 1.00. The van der Waals surface area contributed by atoms with Crippen LogP contribution in [0, 0.1) is 5.92 Å². The van der Waals surface area contributed by atoms with Crippen LogP contribution >= 0.6 is 0 Å². The Hall–Kier alpha value is -0.0800. The van der Waals surface area contributed by atoms with Gasteiger partial charge in [0.25, 0.3) is 0 Å². The van der Waals surface area contributed by atoms with Gasteiger partial charge in [-0.15, -0.1) is 0 Å². The van der Waals surface area contributed by atoms with E-state index in [1.165, 1.54) is 25.8 Å². The molecule has 1 atom stereocenters. The van der Waals surface area contributed by atoms with Crippen molar-refractivity contribution >= 4 is 0 Å². The van der Waals surface area contributed by atoms with E-state index in [0.29, 0.717) is 6.04 Å². The normalized spacial score (nSPS) is 20.0. The molecule has 12 heavy (non-hydrogen) atoms. The van der Waals surface area contributed by atoms with Crippen LogP contribution in [-0.2, 0) is 0 Å². The third-order valence-corrected chi connectivity index (χ3v) is 2.86. The van der Waals surface area contributed by atoms with Crippen LogP contribution in [0.4, 0.5) is 0 Å². The highest BCUT2D eigenvalue weighted by atomic mass is 15.2. The van der Waals surface area contributed by atoms with Crippen molar-refractivity contribution in [1.29, 1.82) is 0 Å². The average molecular weight is 170 g/mol. The lowest BCUT2D eigenvalue weighted by molar-refractivity contribution is 0.197. The lowest BCUT2D eigenvalue weighted by atomic mass is 10.2. The maximum absolute atomic E-state index is 5.71. The minimum Gasteiger partial charge on any atom is -0.329 e. The summed E-state index contributed by atoms with van der Waals surface area (Å²) < 4.78 is 0. The third-order valence-electron chi connectivity index (χ3n) is 2.86. The molecule has 0 aromatic heterocycles. The minimum atomic E-state index is 0.621. The molecule has 0 spiro atoms. The van der Waals surface area contributed by atoms with E-state index in [1.807, 2.05) is 0 Å². The Morgan fingerprint density at radius 1 is 1.42 bits per heavy atom. The fourth-order valence-corrected chi connectivity index (χ4v) is 1.74. The first-order valence-electron chi connectivity index (χ1n) is 5.25. The Labute approximate surface area is 76.1 Å². The highest BCUT2D eigenvalue weighted by molar-refractivity contribution is 4.80. The number of likely N-dealkylation sites (N-methyl/N-ethyl adjacent to an activating group) is 1. The van der Waals surface area contributed by atoms with Gasteiger partial charge in [0, 0.05) is 19.1 Å². The van der Waals surface area contributed by atoms with E-state index in [4.69, 9.17) is 5.73 Å². The molecule has 1 aliphatic carbocycles. The lowest BCUT2D eigenvalue weighted by Gasteiger charge is -2.28. The molecule has 1 saturated carbocycles. The maximum atomic E-state index is 5.71. The first-order chi connectivity index (χ1) is 5.81. The Balaban J connectivity index is 2.29. The molecule has 2 heteroatoms. The van der Waals surface area contributed by atoms with Crippen LogP contribution < -0.4 is 5.73 Å². The zero-order valence-corrected chi connectivity index (χ0v) is 8.42. The maximum Gasteiger partial charge on any atom is 0.0215 e. The Bertz CT molecular complexity index is 117. The monoisotopic (exact) mass is 170 g/mol. The molecule has 72 valence electrons. The summed E-state index contributed by atoms with van der Waals surface area (Å²) in [4.78, 5) is 2.54. The van der Waals surface area contributed by atoms with Gasteiger partial charge in [-0.2, -0.15) is 0 Å². The molecule has 1 unspecified atom stereocenters. The van der Waals surface area contributed by atoms with Gasteiger partial charge in [0.1, 0.15) is 0 Å². The zero-order valence-electron chi connectivity index (χ0n) is 8.42. The molecule has 1 fully saturated rings. The largest absolute Gasteiger partial charge is 0.329 e. The van der Waals surface area contributed by atoms with Crippen molar-refractivity contribution in [3.8, 4) is 0 Å². The molecule has 0 heterocycles. The molecule has 0 saturated heterocycles. The molecule has 1 aliphatic rings. The third kappa shape index (κ3) is 2.76. The van der Waals surface area contributed by atoms with Crippen LogP contribution in [0.2, 0.25) is 0 Å². The van der Waals surface area contributed by atoms with E-state index < -0.39 is 0 Å². The summed E-state index contributed by atoms with van der Waals surface area (Å²) in [5.74, 6) is 0.991. The van der Waals surface area contributed by atoms with Crippen LogP contribution in [0.1, 0.15) is 33.1 Å². The van der Waals surface area contributed by atoms with Gasteiger partial charge in [-0.05, 0) is 31.7 Å². The van der Waals surface area contributed by atoms with Crippen LogP contribution in [-0.4, -0.2) is 30.6 Å². The molecule has 0 aromatic carbocycles.